The summed E-state index contributed by atoms with van der Waals surface area (Å²) in [5, 5.41) is 6.55. The van der Waals surface area contributed by atoms with Gasteiger partial charge in [-0.15, -0.1) is 0 Å². The summed E-state index contributed by atoms with van der Waals surface area (Å²) in [6.07, 6.45) is 2.71. The van der Waals surface area contributed by atoms with Crippen molar-refractivity contribution in [2.75, 3.05) is 24.3 Å². The van der Waals surface area contributed by atoms with Crippen molar-refractivity contribution in [3.8, 4) is 11.5 Å². The number of anilines is 3. The van der Waals surface area contributed by atoms with Crippen molar-refractivity contribution in [1.29, 1.82) is 0 Å². The van der Waals surface area contributed by atoms with Crippen LogP contribution < -0.4 is 20.1 Å². The topological polar surface area (TPSA) is 68.3 Å². The molecule has 0 atom stereocenters. The van der Waals surface area contributed by atoms with Gasteiger partial charge in [-0.2, -0.15) is 4.98 Å². The number of benzene rings is 2. The van der Waals surface area contributed by atoms with Crippen LogP contribution in [0.2, 0.25) is 0 Å². The molecule has 0 saturated carbocycles. The maximum absolute atomic E-state index is 5.66. The van der Waals surface area contributed by atoms with Gasteiger partial charge in [0.15, 0.2) is 0 Å². The minimum Gasteiger partial charge on any atom is -0.496 e. The molecule has 0 fully saturated rings. The van der Waals surface area contributed by atoms with Crippen molar-refractivity contribution >= 4 is 17.5 Å². The molecule has 2 aromatic carbocycles. The molecule has 6 heteroatoms. The largest absolute Gasteiger partial charge is 0.496 e. The first-order chi connectivity index (χ1) is 13.6. The van der Waals surface area contributed by atoms with Crippen molar-refractivity contribution in [2.45, 2.75) is 26.4 Å². The predicted molar refractivity (Wildman–Crippen MR) is 113 cm³/mol. The minimum atomic E-state index is 0.158. The second-order valence-corrected chi connectivity index (χ2v) is 6.57. The quantitative estimate of drug-likeness (QED) is 0.564. The van der Waals surface area contributed by atoms with Crippen molar-refractivity contribution in [2.24, 2.45) is 0 Å². The Hall–Kier alpha value is -3.28. The molecule has 146 valence electrons. The van der Waals surface area contributed by atoms with E-state index in [4.69, 9.17) is 9.47 Å². The summed E-state index contributed by atoms with van der Waals surface area (Å²) in [7, 11) is 1.69. The predicted octanol–water partition coefficient (Wildman–Crippen LogP) is 4.67. The Morgan fingerprint density at radius 3 is 2.54 bits per heavy atom. The van der Waals surface area contributed by atoms with Crippen molar-refractivity contribution in [1.82, 2.24) is 9.97 Å². The average molecular weight is 378 g/mol. The summed E-state index contributed by atoms with van der Waals surface area (Å²) in [5.41, 5.74) is 2.09. The number of hydrogen-bond donors (Lipinski definition) is 2. The lowest BCUT2D eigenvalue weighted by molar-refractivity contribution is 0.242. The summed E-state index contributed by atoms with van der Waals surface area (Å²) in [4.78, 5) is 8.80. The number of nitrogens with zero attached hydrogens (tertiary/aromatic N) is 2. The molecule has 0 aliphatic carbocycles. The third-order valence-electron chi connectivity index (χ3n) is 4.02. The minimum absolute atomic E-state index is 0.158. The molecule has 0 unspecified atom stereocenters. The maximum atomic E-state index is 5.66. The van der Waals surface area contributed by atoms with Gasteiger partial charge in [0.05, 0.1) is 13.2 Å². The fraction of sp³-hybridized carbons (Fsp3) is 0.273. The van der Waals surface area contributed by atoms with Crippen LogP contribution in [0.1, 0.15) is 19.4 Å². The third kappa shape index (κ3) is 5.61. The first kappa shape index (κ1) is 19.5. The van der Waals surface area contributed by atoms with Gasteiger partial charge in [0.2, 0.25) is 5.95 Å². The molecular formula is C22H26N4O2. The smallest absolute Gasteiger partial charge is 0.224 e. The van der Waals surface area contributed by atoms with Crippen molar-refractivity contribution in [3.63, 3.8) is 0 Å². The first-order valence-corrected chi connectivity index (χ1v) is 9.36. The molecule has 0 spiro atoms. The van der Waals surface area contributed by atoms with Crippen LogP contribution in [-0.4, -0.2) is 29.7 Å². The summed E-state index contributed by atoms with van der Waals surface area (Å²) < 4.78 is 11.0. The number of para-hydroxylation sites is 1. The van der Waals surface area contributed by atoms with E-state index in [1.807, 2.05) is 62.4 Å². The van der Waals surface area contributed by atoms with Gasteiger partial charge in [-0.3, -0.25) is 0 Å². The Labute approximate surface area is 166 Å². The molecule has 2 N–H and O–H groups in total. The van der Waals surface area contributed by atoms with Gasteiger partial charge in [-0.25, -0.2) is 4.98 Å². The second kappa shape index (κ2) is 9.60. The van der Waals surface area contributed by atoms with E-state index in [1.54, 1.807) is 13.3 Å². The average Bonchev–Trinajstić information content (AvgIpc) is 2.70. The summed E-state index contributed by atoms with van der Waals surface area (Å²) >= 11 is 0. The highest BCUT2D eigenvalue weighted by molar-refractivity contribution is 5.57. The number of hydrogen-bond acceptors (Lipinski definition) is 6. The van der Waals surface area contributed by atoms with Crippen LogP contribution in [-0.2, 0) is 6.42 Å². The van der Waals surface area contributed by atoms with E-state index < -0.39 is 0 Å². The van der Waals surface area contributed by atoms with Crippen LogP contribution in [0, 0.1) is 0 Å². The molecule has 28 heavy (non-hydrogen) atoms. The maximum Gasteiger partial charge on any atom is 0.224 e. The monoisotopic (exact) mass is 378 g/mol. The molecule has 0 radical (unpaired) electrons. The van der Waals surface area contributed by atoms with Crippen LogP contribution in [0.25, 0.3) is 0 Å². The highest BCUT2D eigenvalue weighted by atomic mass is 16.5. The van der Waals surface area contributed by atoms with Gasteiger partial charge in [-0.1, -0.05) is 18.2 Å². The fourth-order valence-electron chi connectivity index (χ4n) is 2.77. The van der Waals surface area contributed by atoms with E-state index in [2.05, 4.69) is 26.7 Å². The Kier molecular flexibility index (Phi) is 6.68. The normalized spacial score (nSPS) is 10.6. The second-order valence-electron chi connectivity index (χ2n) is 6.57. The molecular weight excluding hydrogens is 352 g/mol. The third-order valence-corrected chi connectivity index (χ3v) is 4.02. The Bertz CT molecular complexity index is 882. The SMILES string of the molecule is COc1ccccc1CCNc1nccc(Nc2ccc(OC(C)C)cc2)n1. The summed E-state index contributed by atoms with van der Waals surface area (Å²) in [6, 6.07) is 17.7. The molecule has 0 bridgehead atoms. The highest BCUT2D eigenvalue weighted by Gasteiger charge is 2.04. The Morgan fingerprint density at radius 1 is 1.00 bits per heavy atom. The van der Waals surface area contributed by atoms with E-state index >= 15 is 0 Å². The number of aromatic nitrogens is 2. The van der Waals surface area contributed by atoms with Gasteiger partial charge in [0, 0.05) is 18.4 Å². The van der Waals surface area contributed by atoms with Crippen LogP contribution in [0.4, 0.5) is 17.5 Å². The Balaban J connectivity index is 1.56. The van der Waals surface area contributed by atoms with E-state index in [0.29, 0.717) is 12.5 Å². The van der Waals surface area contributed by atoms with Crippen LogP contribution >= 0.6 is 0 Å². The summed E-state index contributed by atoms with van der Waals surface area (Å²) in [6.45, 7) is 4.73. The summed E-state index contributed by atoms with van der Waals surface area (Å²) in [5.74, 6) is 3.06. The van der Waals surface area contributed by atoms with Crippen molar-refractivity contribution in [3.05, 3.63) is 66.4 Å². The van der Waals surface area contributed by atoms with E-state index in [0.717, 1.165) is 35.0 Å². The molecule has 6 nitrogen and oxygen atoms in total. The zero-order valence-electron chi connectivity index (χ0n) is 16.5. The number of rotatable bonds is 9. The van der Waals surface area contributed by atoms with Gasteiger partial charge >= 0.3 is 0 Å². The first-order valence-electron chi connectivity index (χ1n) is 9.36. The standard InChI is InChI=1S/C22H26N4O2/c1-16(2)28-19-10-8-18(9-11-19)25-21-13-15-24-22(26-21)23-14-12-17-6-4-5-7-20(17)27-3/h4-11,13,15-16H,12,14H2,1-3H3,(H2,23,24,25,26). The molecule has 3 aromatic rings. The molecule has 0 aliphatic heterocycles. The zero-order chi connectivity index (χ0) is 19.8. The van der Waals surface area contributed by atoms with Gasteiger partial charge in [0.25, 0.3) is 0 Å². The van der Waals surface area contributed by atoms with E-state index in [1.165, 1.54) is 0 Å². The molecule has 1 heterocycles. The van der Waals surface area contributed by atoms with E-state index in [-0.39, 0.29) is 6.10 Å². The number of methoxy groups -OCH3 is 1. The lowest BCUT2D eigenvalue weighted by Crippen LogP contribution is -2.09. The van der Waals surface area contributed by atoms with Crippen LogP contribution in [0.5, 0.6) is 11.5 Å². The van der Waals surface area contributed by atoms with Crippen LogP contribution in [0.15, 0.2) is 60.8 Å². The fourth-order valence-corrected chi connectivity index (χ4v) is 2.77. The lowest BCUT2D eigenvalue weighted by Gasteiger charge is -2.12. The number of ether oxygens (including phenoxy) is 2. The molecule has 0 amide bonds. The van der Waals surface area contributed by atoms with E-state index in [9.17, 15) is 0 Å². The Morgan fingerprint density at radius 2 is 1.79 bits per heavy atom. The highest BCUT2D eigenvalue weighted by Crippen LogP contribution is 2.20. The zero-order valence-corrected chi connectivity index (χ0v) is 16.5. The number of nitrogens with one attached hydrogen (secondary N) is 2. The van der Waals surface area contributed by atoms with Gasteiger partial charge in [0.1, 0.15) is 17.3 Å². The molecule has 0 aliphatic rings. The van der Waals surface area contributed by atoms with Gasteiger partial charge < -0.3 is 20.1 Å². The molecule has 0 saturated heterocycles. The van der Waals surface area contributed by atoms with Crippen molar-refractivity contribution < 1.29 is 9.47 Å². The lowest BCUT2D eigenvalue weighted by atomic mass is 10.1. The van der Waals surface area contributed by atoms with Crippen LogP contribution in [0.3, 0.4) is 0 Å². The molecule has 1 aromatic heterocycles. The van der Waals surface area contributed by atoms with Gasteiger partial charge in [-0.05, 0) is 62.2 Å². The molecule has 3 rings (SSSR count).